The first-order chi connectivity index (χ1) is 12.3. The Bertz CT molecular complexity index is 440. The Hall–Kier alpha value is -0.260. The molecule has 5 heteroatoms. The van der Waals surface area contributed by atoms with E-state index in [-0.39, 0.29) is 17.9 Å². The Balaban J connectivity index is 1.77. The summed E-state index contributed by atoms with van der Waals surface area (Å²) < 4.78 is 6.19. The minimum Gasteiger partial charge on any atom is -0.481 e. The van der Waals surface area contributed by atoms with Gasteiger partial charge in [-0.3, -0.25) is 4.79 Å². The smallest absolute Gasteiger partial charge is 0.303 e. The fourth-order valence-corrected chi connectivity index (χ4v) is 5.84. The van der Waals surface area contributed by atoms with E-state index in [0.717, 1.165) is 37.2 Å². The molecule has 0 aliphatic carbocycles. The minimum atomic E-state index is -0.702. The number of thioether (sulfide) groups is 1. The second kappa shape index (κ2) is 10.3. The molecular weight excluding hydrogens is 348 g/mol. The molecule has 26 heavy (non-hydrogen) atoms. The third-order valence-electron chi connectivity index (χ3n) is 6.43. The maximum Gasteiger partial charge on any atom is 0.303 e. The van der Waals surface area contributed by atoms with Crippen molar-refractivity contribution in [1.82, 2.24) is 0 Å². The Morgan fingerprint density at radius 2 is 1.92 bits per heavy atom. The molecule has 2 N–H and O–H groups in total. The molecule has 2 bridgehead atoms. The molecule has 2 fully saturated rings. The Kier molecular flexibility index (Phi) is 8.75. The van der Waals surface area contributed by atoms with Gasteiger partial charge in [-0.05, 0) is 67.3 Å². The third kappa shape index (κ3) is 6.13. The van der Waals surface area contributed by atoms with E-state index in [1.807, 2.05) is 11.8 Å². The fourth-order valence-electron chi connectivity index (χ4n) is 4.59. The van der Waals surface area contributed by atoms with Crippen LogP contribution in [0.15, 0.2) is 0 Å². The van der Waals surface area contributed by atoms with Crippen LogP contribution in [-0.2, 0) is 9.53 Å². The van der Waals surface area contributed by atoms with E-state index in [2.05, 4.69) is 20.8 Å². The standard InChI is InChI=1S/C21H38O4S/c1-4-5-12-21(2,3)19(22)11-8-15-16(18-10-9-17(15)25-18)14-26-13-6-7-20(23)24/h15-19,22H,4-14H2,1-3H3,(H,23,24)/t15?,16-,17?,18-,19?/m0/s1. The minimum absolute atomic E-state index is 0.00440. The molecule has 0 radical (unpaired) electrons. The zero-order valence-electron chi connectivity index (χ0n) is 16.8. The van der Waals surface area contributed by atoms with E-state index in [1.54, 1.807) is 0 Å². The first-order valence-corrected chi connectivity index (χ1v) is 11.6. The van der Waals surface area contributed by atoms with Gasteiger partial charge in [-0.15, -0.1) is 0 Å². The van der Waals surface area contributed by atoms with Crippen LogP contribution in [0.2, 0.25) is 0 Å². The van der Waals surface area contributed by atoms with Crippen LogP contribution >= 0.6 is 11.8 Å². The fraction of sp³-hybridized carbons (Fsp3) is 0.952. The summed E-state index contributed by atoms with van der Waals surface area (Å²) in [5.41, 5.74) is -0.00440. The van der Waals surface area contributed by atoms with Crippen LogP contribution in [0, 0.1) is 17.3 Å². The maximum atomic E-state index is 10.7. The summed E-state index contributed by atoms with van der Waals surface area (Å²) in [4.78, 5) is 10.6. The summed E-state index contributed by atoms with van der Waals surface area (Å²) in [6.07, 6.45) is 9.26. The van der Waals surface area contributed by atoms with E-state index in [4.69, 9.17) is 9.84 Å². The molecule has 5 atom stereocenters. The lowest BCUT2D eigenvalue weighted by atomic mass is 9.74. The number of aliphatic hydroxyl groups is 1. The topological polar surface area (TPSA) is 66.8 Å². The van der Waals surface area contributed by atoms with E-state index in [0.29, 0.717) is 24.0 Å². The van der Waals surface area contributed by atoms with Crippen molar-refractivity contribution in [1.29, 1.82) is 0 Å². The lowest BCUT2D eigenvalue weighted by Gasteiger charge is -2.33. The molecule has 0 aromatic rings. The largest absolute Gasteiger partial charge is 0.481 e. The normalized spacial score (nSPS) is 29.2. The van der Waals surface area contributed by atoms with Crippen LogP contribution in [0.5, 0.6) is 0 Å². The number of rotatable bonds is 13. The first kappa shape index (κ1) is 22.0. The van der Waals surface area contributed by atoms with Crippen LogP contribution in [0.25, 0.3) is 0 Å². The lowest BCUT2D eigenvalue weighted by Crippen LogP contribution is -2.33. The van der Waals surface area contributed by atoms with Gasteiger partial charge >= 0.3 is 5.97 Å². The molecule has 3 unspecified atom stereocenters. The maximum absolute atomic E-state index is 10.7. The van der Waals surface area contributed by atoms with Crippen LogP contribution in [0.1, 0.15) is 78.6 Å². The number of carbonyl (C=O) groups is 1. The first-order valence-electron chi connectivity index (χ1n) is 10.5. The number of aliphatic carboxylic acids is 1. The molecule has 152 valence electrons. The zero-order chi connectivity index (χ0) is 19.2. The number of aliphatic hydroxyl groups excluding tert-OH is 1. The van der Waals surface area contributed by atoms with Crippen LogP contribution < -0.4 is 0 Å². The number of unbranched alkanes of at least 4 members (excludes halogenated alkanes) is 1. The number of carboxylic acid groups (broad SMARTS) is 1. The number of ether oxygens (including phenoxy) is 1. The molecule has 0 amide bonds. The van der Waals surface area contributed by atoms with Gasteiger partial charge in [0.25, 0.3) is 0 Å². The van der Waals surface area contributed by atoms with E-state index >= 15 is 0 Å². The quantitative estimate of drug-likeness (QED) is 0.448. The van der Waals surface area contributed by atoms with Crippen molar-refractivity contribution in [2.24, 2.45) is 17.3 Å². The van der Waals surface area contributed by atoms with Crippen molar-refractivity contribution in [3.63, 3.8) is 0 Å². The summed E-state index contributed by atoms with van der Waals surface area (Å²) in [5, 5.41) is 19.5. The molecule has 2 heterocycles. The van der Waals surface area contributed by atoms with Gasteiger partial charge in [-0.2, -0.15) is 11.8 Å². The lowest BCUT2D eigenvalue weighted by molar-refractivity contribution is -0.137. The van der Waals surface area contributed by atoms with Gasteiger partial charge in [-0.1, -0.05) is 33.6 Å². The highest BCUT2D eigenvalue weighted by molar-refractivity contribution is 7.99. The number of carboxylic acids is 1. The Morgan fingerprint density at radius 3 is 2.58 bits per heavy atom. The summed E-state index contributed by atoms with van der Waals surface area (Å²) >= 11 is 1.88. The van der Waals surface area contributed by atoms with Crippen LogP contribution in [0.4, 0.5) is 0 Å². The average molecular weight is 387 g/mol. The Labute approximate surface area is 163 Å². The molecule has 0 aromatic heterocycles. The van der Waals surface area contributed by atoms with Gasteiger partial charge in [0, 0.05) is 6.42 Å². The van der Waals surface area contributed by atoms with Crippen molar-refractivity contribution in [2.75, 3.05) is 11.5 Å². The van der Waals surface area contributed by atoms with Gasteiger partial charge in [0.05, 0.1) is 18.3 Å². The van der Waals surface area contributed by atoms with Gasteiger partial charge < -0.3 is 14.9 Å². The zero-order valence-corrected chi connectivity index (χ0v) is 17.6. The van der Waals surface area contributed by atoms with E-state index in [1.165, 1.54) is 25.7 Å². The highest BCUT2D eigenvalue weighted by Gasteiger charge is 2.48. The molecule has 2 aliphatic heterocycles. The number of hydrogen-bond donors (Lipinski definition) is 2. The predicted molar refractivity (Wildman–Crippen MR) is 108 cm³/mol. The number of hydrogen-bond acceptors (Lipinski definition) is 4. The summed E-state index contributed by atoms with van der Waals surface area (Å²) in [5.74, 6) is 2.43. The van der Waals surface area contributed by atoms with E-state index < -0.39 is 5.97 Å². The third-order valence-corrected chi connectivity index (χ3v) is 7.63. The Morgan fingerprint density at radius 1 is 1.23 bits per heavy atom. The SMILES string of the molecule is CCCCC(C)(C)C(O)CCC1C2CC[C@H](O2)[C@H]1CSCCCC(=O)O. The second-order valence-corrected chi connectivity index (χ2v) is 10.0. The molecule has 2 saturated heterocycles. The van der Waals surface area contributed by atoms with Crippen molar-refractivity contribution in [3.8, 4) is 0 Å². The van der Waals surface area contributed by atoms with Crippen molar-refractivity contribution in [3.05, 3.63) is 0 Å². The highest BCUT2D eigenvalue weighted by atomic mass is 32.2. The van der Waals surface area contributed by atoms with Gasteiger partial charge in [0.15, 0.2) is 0 Å². The van der Waals surface area contributed by atoms with Crippen molar-refractivity contribution < 1.29 is 19.7 Å². The summed E-state index contributed by atoms with van der Waals surface area (Å²) in [6.45, 7) is 6.59. The molecule has 0 aromatic carbocycles. The average Bonchev–Trinajstić information content (AvgIpc) is 3.19. The molecule has 0 saturated carbocycles. The van der Waals surface area contributed by atoms with Gasteiger partial charge in [0.2, 0.25) is 0 Å². The van der Waals surface area contributed by atoms with Crippen LogP contribution in [0.3, 0.4) is 0 Å². The molecule has 0 spiro atoms. The van der Waals surface area contributed by atoms with Crippen LogP contribution in [-0.4, -0.2) is 46.0 Å². The predicted octanol–water partition coefficient (Wildman–Crippen LogP) is 4.74. The van der Waals surface area contributed by atoms with Crippen molar-refractivity contribution >= 4 is 17.7 Å². The molecule has 4 nitrogen and oxygen atoms in total. The highest BCUT2D eigenvalue weighted by Crippen LogP contribution is 2.47. The second-order valence-electron chi connectivity index (χ2n) is 8.88. The van der Waals surface area contributed by atoms with Gasteiger partial charge in [0.1, 0.15) is 0 Å². The van der Waals surface area contributed by atoms with Gasteiger partial charge in [-0.25, -0.2) is 0 Å². The van der Waals surface area contributed by atoms with Crippen molar-refractivity contribution in [2.45, 2.75) is 96.9 Å². The summed E-state index contributed by atoms with van der Waals surface area (Å²) in [6, 6.07) is 0. The monoisotopic (exact) mass is 386 g/mol. The number of fused-ring (bicyclic) bond motifs is 2. The molecule has 2 rings (SSSR count). The summed E-state index contributed by atoms with van der Waals surface area (Å²) in [7, 11) is 0. The molecule has 2 aliphatic rings. The van der Waals surface area contributed by atoms with E-state index in [9.17, 15) is 9.90 Å². The molecular formula is C21H38O4S.